The van der Waals surface area contributed by atoms with Gasteiger partial charge in [-0.15, -0.1) is 0 Å². The molecule has 1 atom stereocenters. The van der Waals surface area contributed by atoms with Crippen LogP contribution in [-0.2, 0) is 0 Å². The van der Waals surface area contributed by atoms with E-state index in [1.165, 1.54) is 18.9 Å². The highest BCUT2D eigenvalue weighted by Crippen LogP contribution is 2.32. The molecule has 0 aromatic heterocycles. The van der Waals surface area contributed by atoms with Crippen LogP contribution in [0.25, 0.3) is 0 Å². The number of nitrogens with zero attached hydrogens (tertiary/aromatic N) is 2. The number of hydrogen-bond acceptors (Lipinski definition) is 5. The van der Waals surface area contributed by atoms with Crippen molar-refractivity contribution in [3.63, 3.8) is 0 Å². The van der Waals surface area contributed by atoms with Crippen LogP contribution in [0.3, 0.4) is 0 Å². The normalized spacial score (nSPS) is 21.1. The van der Waals surface area contributed by atoms with E-state index in [1.54, 1.807) is 12.1 Å². The van der Waals surface area contributed by atoms with Gasteiger partial charge in [0.05, 0.1) is 4.92 Å². The molecule has 7 nitrogen and oxygen atoms in total. The highest BCUT2D eigenvalue weighted by atomic mass is 16.6. The summed E-state index contributed by atoms with van der Waals surface area (Å²) < 4.78 is 0. The number of anilines is 1. The Hall–Kier alpha value is -2.15. The van der Waals surface area contributed by atoms with E-state index in [2.05, 4.69) is 22.5 Å². The molecule has 1 amide bonds. The van der Waals surface area contributed by atoms with E-state index in [-0.39, 0.29) is 16.5 Å². The lowest BCUT2D eigenvalue weighted by Gasteiger charge is -2.31. The molecule has 0 saturated carbocycles. The highest BCUT2D eigenvalue weighted by Gasteiger charge is 2.24. The third-order valence-electron chi connectivity index (χ3n) is 5.80. The number of rotatable bonds is 6. The molecule has 0 aliphatic carbocycles. The van der Waals surface area contributed by atoms with Crippen LogP contribution < -0.4 is 15.5 Å². The third-order valence-corrected chi connectivity index (χ3v) is 5.80. The number of nitrogens with one attached hydrogen (secondary N) is 2. The molecule has 7 heteroatoms. The van der Waals surface area contributed by atoms with Crippen LogP contribution in [0.5, 0.6) is 0 Å². The maximum Gasteiger partial charge on any atom is 0.293 e. The first-order valence-corrected chi connectivity index (χ1v) is 10.1. The van der Waals surface area contributed by atoms with Crippen molar-refractivity contribution >= 4 is 17.3 Å². The summed E-state index contributed by atoms with van der Waals surface area (Å²) in [6, 6.07) is 4.86. The van der Waals surface area contributed by atoms with Gasteiger partial charge in [-0.1, -0.05) is 6.92 Å². The second kappa shape index (κ2) is 9.17. The topological polar surface area (TPSA) is 87.5 Å². The number of benzene rings is 1. The summed E-state index contributed by atoms with van der Waals surface area (Å²) in [4.78, 5) is 25.7. The van der Waals surface area contributed by atoms with Gasteiger partial charge in [0.2, 0.25) is 0 Å². The number of amides is 1. The number of carbonyl (C=O) groups excluding carboxylic acids is 1. The van der Waals surface area contributed by atoms with Crippen molar-refractivity contribution in [1.29, 1.82) is 0 Å². The molecular formula is C20H30N4O3. The van der Waals surface area contributed by atoms with Gasteiger partial charge in [-0.2, -0.15) is 0 Å². The minimum Gasteiger partial charge on any atom is -0.366 e. The Labute approximate surface area is 160 Å². The van der Waals surface area contributed by atoms with Gasteiger partial charge in [0.15, 0.2) is 0 Å². The maximum atomic E-state index is 12.4. The SMILES string of the molecule is CC1CCN(c2ccc(C(=O)NCCC3CCCNC3)cc2[N+](=O)[O-])CC1. The van der Waals surface area contributed by atoms with Crippen molar-refractivity contribution in [2.75, 3.05) is 37.6 Å². The van der Waals surface area contributed by atoms with Gasteiger partial charge >= 0.3 is 0 Å². The Morgan fingerprint density at radius 3 is 2.78 bits per heavy atom. The minimum absolute atomic E-state index is 0.0219. The van der Waals surface area contributed by atoms with Crippen LogP contribution in [0.4, 0.5) is 11.4 Å². The second-order valence-corrected chi connectivity index (χ2v) is 7.89. The molecule has 1 aromatic carbocycles. The Morgan fingerprint density at radius 1 is 1.33 bits per heavy atom. The van der Waals surface area contributed by atoms with Gasteiger partial charge in [0.25, 0.3) is 11.6 Å². The van der Waals surface area contributed by atoms with Gasteiger partial charge in [-0.05, 0) is 69.2 Å². The monoisotopic (exact) mass is 374 g/mol. The Kier molecular flexibility index (Phi) is 6.66. The standard InChI is InChI=1S/C20H30N4O3/c1-15-7-11-23(12-8-15)18-5-4-17(13-19(18)24(26)27)20(25)22-10-6-16-3-2-9-21-14-16/h4-5,13,15-16,21H,2-3,6-12,14H2,1H3,(H,22,25). The summed E-state index contributed by atoms with van der Waals surface area (Å²) in [5.74, 6) is 1.02. The van der Waals surface area contributed by atoms with Crippen LogP contribution in [0.1, 0.15) is 49.4 Å². The van der Waals surface area contributed by atoms with E-state index < -0.39 is 0 Å². The molecule has 1 unspecified atom stereocenters. The van der Waals surface area contributed by atoms with Gasteiger partial charge in [-0.3, -0.25) is 14.9 Å². The van der Waals surface area contributed by atoms with Crippen LogP contribution >= 0.6 is 0 Å². The van der Waals surface area contributed by atoms with Gasteiger partial charge in [-0.25, -0.2) is 0 Å². The molecule has 2 saturated heterocycles. The summed E-state index contributed by atoms with van der Waals surface area (Å²) in [6.45, 7) is 6.54. The van der Waals surface area contributed by atoms with Crippen molar-refractivity contribution in [3.05, 3.63) is 33.9 Å². The number of nitro groups is 1. The average Bonchev–Trinajstić information content (AvgIpc) is 2.69. The molecule has 2 aliphatic rings. The average molecular weight is 374 g/mol. The Balaban J connectivity index is 1.62. The molecule has 2 heterocycles. The molecule has 1 aromatic rings. The fourth-order valence-corrected chi connectivity index (χ4v) is 3.99. The second-order valence-electron chi connectivity index (χ2n) is 7.89. The van der Waals surface area contributed by atoms with Crippen LogP contribution in [0, 0.1) is 22.0 Å². The van der Waals surface area contributed by atoms with Crippen molar-refractivity contribution in [2.24, 2.45) is 11.8 Å². The van der Waals surface area contributed by atoms with Gasteiger partial charge in [0, 0.05) is 31.3 Å². The van der Waals surface area contributed by atoms with Crippen molar-refractivity contribution < 1.29 is 9.72 Å². The van der Waals surface area contributed by atoms with Gasteiger partial charge < -0.3 is 15.5 Å². The zero-order valence-corrected chi connectivity index (χ0v) is 16.1. The van der Waals surface area contributed by atoms with E-state index in [9.17, 15) is 14.9 Å². The van der Waals surface area contributed by atoms with Gasteiger partial charge in [0.1, 0.15) is 5.69 Å². The van der Waals surface area contributed by atoms with E-state index in [1.807, 2.05) is 0 Å². The quantitative estimate of drug-likeness (QED) is 0.590. The highest BCUT2D eigenvalue weighted by molar-refractivity contribution is 5.95. The molecule has 0 bridgehead atoms. The zero-order valence-electron chi connectivity index (χ0n) is 16.1. The molecule has 3 rings (SSSR count). The lowest BCUT2D eigenvalue weighted by Crippen LogP contribution is -2.34. The van der Waals surface area contributed by atoms with Crippen molar-refractivity contribution in [3.8, 4) is 0 Å². The van der Waals surface area contributed by atoms with E-state index in [4.69, 9.17) is 0 Å². The van der Waals surface area contributed by atoms with Crippen molar-refractivity contribution in [1.82, 2.24) is 10.6 Å². The summed E-state index contributed by atoms with van der Waals surface area (Å²) in [6.07, 6.45) is 5.38. The lowest BCUT2D eigenvalue weighted by molar-refractivity contribution is -0.384. The largest absolute Gasteiger partial charge is 0.366 e. The minimum atomic E-state index is -0.377. The summed E-state index contributed by atoms with van der Waals surface area (Å²) >= 11 is 0. The van der Waals surface area contributed by atoms with E-state index in [0.717, 1.165) is 45.4 Å². The molecule has 0 radical (unpaired) electrons. The van der Waals surface area contributed by atoms with Crippen LogP contribution in [0.15, 0.2) is 18.2 Å². The summed E-state index contributed by atoms with van der Waals surface area (Å²) in [5.41, 5.74) is 1.00. The molecule has 148 valence electrons. The molecule has 0 spiro atoms. The summed E-state index contributed by atoms with van der Waals surface area (Å²) in [5, 5.41) is 17.9. The maximum absolute atomic E-state index is 12.4. The first-order valence-electron chi connectivity index (χ1n) is 10.1. The lowest BCUT2D eigenvalue weighted by atomic mass is 9.96. The summed E-state index contributed by atoms with van der Waals surface area (Å²) in [7, 11) is 0. The van der Waals surface area contributed by atoms with E-state index >= 15 is 0 Å². The molecule has 2 fully saturated rings. The number of piperidine rings is 2. The molecule has 2 aliphatic heterocycles. The number of hydrogen-bond donors (Lipinski definition) is 2. The van der Waals surface area contributed by atoms with E-state index in [0.29, 0.717) is 29.6 Å². The smallest absolute Gasteiger partial charge is 0.293 e. The number of carbonyl (C=O) groups is 1. The first kappa shape index (κ1) is 19.6. The molecular weight excluding hydrogens is 344 g/mol. The third kappa shape index (κ3) is 5.19. The zero-order chi connectivity index (χ0) is 19.2. The fraction of sp³-hybridized carbons (Fsp3) is 0.650. The predicted molar refractivity (Wildman–Crippen MR) is 106 cm³/mol. The Morgan fingerprint density at radius 2 is 2.11 bits per heavy atom. The Bertz CT molecular complexity index is 665. The fourth-order valence-electron chi connectivity index (χ4n) is 3.99. The van der Waals surface area contributed by atoms with Crippen molar-refractivity contribution in [2.45, 2.75) is 39.0 Å². The van der Waals surface area contributed by atoms with Crippen LogP contribution in [-0.4, -0.2) is 43.6 Å². The molecule has 2 N–H and O–H groups in total. The van der Waals surface area contributed by atoms with Crippen LogP contribution in [0.2, 0.25) is 0 Å². The first-order chi connectivity index (χ1) is 13.0. The predicted octanol–water partition coefficient (Wildman–Crippen LogP) is 2.95. The molecule has 27 heavy (non-hydrogen) atoms. The number of nitro benzene ring substituents is 1.